The number of benzene rings is 1. The van der Waals surface area contributed by atoms with Crippen LogP contribution in [0.25, 0.3) is 0 Å². The lowest BCUT2D eigenvalue weighted by Crippen LogP contribution is -2.43. The van der Waals surface area contributed by atoms with Gasteiger partial charge in [0.05, 0.1) is 0 Å². The fourth-order valence-electron chi connectivity index (χ4n) is 1.48. The molecule has 1 aromatic rings. The molecular formula is C10H14N2O. The first-order chi connectivity index (χ1) is 6.24. The van der Waals surface area contributed by atoms with E-state index >= 15 is 0 Å². The monoisotopic (exact) mass is 178 g/mol. The first-order valence-electron chi connectivity index (χ1n) is 4.52. The van der Waals surface area contributed by atoms with Crippen LogP contribution in [0.5, 0.6) is 5.75 Å². The van der Waals surface area contributed by atoms with Crippen molar-refractivity contribution < 1.29 is 4.74 Å². The first-order valence-corrected chi connectivity index (χ1v) is 4.52. The maximum atomic E-state index is 5.65. The van der Waals surface area contributed by atoms with Gasteiger partial charge in [-0.1, -0.05) is 6.07 Å². The second-order valence-electron chi connectivity index (χ2n) is 3.54. The first kappa shape index (κ1) is 8.38. The minimum absolute atomic E-state index is 0.289. The zero-order valence-electron chi connectivity index (χ0n) is 7.44. The summed E-state index contributed by atoms with van der Waals surface area (Å²) >= 11 is 0. The number of anilines is 1. The van der Waals surface area contributed by atoms with Gasteiger partial charge < -0.3 is 16.2 Å². The zero-order chi connectivity index (χ0) is 9.26. The smallest absolute Gasteiger partial charge is 0.121 e. The third-order valence-corrected chi connectivity index (χ3v) is 2.29. The molecule has 0 aliphatic heterocycles. The van der Waals surface area contributed by atoms with Crippen molar-refractivity contribution in [1.82, 2.24) is 0 Å². The van der Waals surface area contributed by atoms with Gasteiger partial charge in [-0.05, 0) is 25.0 Å². The van der Waals surface area contributed by atoms with E-state index in [1.165, 1.54) is 0 Å². The third-order valence-electron chi connectivity index (χ3n) is 2.29. The quantitative estimate of drug-likeness (QED) is 0.667. The lowest BCUT2D eigenvalue weighted by atomic mass is 9.90. The summed E-state index contributed by atoms with van der Waals surface area (Å²) in [5.74, 6) is 0.844. The fourth-order valence-corrected chi connectivity index (χ4v) is 1.48. The number of nitrogens with two attached hydrogens (primary N) is 2. The molecule has 0 unspecified atom stereocenters. The van der Waals surface area contributed by atoms with Gasteiger partial charge in [-0.3, -0.25) is 0 Å². The molecule has 1 aromatic carbocycles. The highest BCUT2D eigenvalue weighted by Crippen LogP contribution is 2.25. The van der Waals surface area contributed by atoms with E-state index in [0.717, 1.165) is 24.3 Å². The molecule has 0 amide bonds. The van der Waals surface area contributed by atoms with Crippen LogP contribution in [0.1, 0.15) is 12.8 Å². The average molecular weight is 178 g/mol. The van der Waals surface area contributed by atoms with Crippen molar-refractivity contribution in [2.24, 2.45) is 5.73 Å². The molecule has 70 valence electrons. The SMILES string of the molecule is Nc1cccc(OC2CC(N)C2)c1. The third kappa shape index (κ3) is 1.92. The molecule has 0 spiro atoms. The lowest BCUT2D eigenvalue weighted by Gasteiger charge is -2.32. The molecule has 3 nitrogen and oxygen atoms in total. The van der Waals surface area contributed by atoms with Gasteiger partial charge in [0.25, 0.3) is 0 Å². The molecule has 0 bridgehead atoms. The highest BCUT2D eigenvalue weighted by atomic mass is 16.5. The van der Waals surface area contributed by atoms with Crippen molar-refractivity contribution >= 4 is 5.69 Å². The molecule has 0 atom stereocenters. The van der Waals surface area contributed by atoms with Crippen molar-refractivity contribution in [3.8, 4) is 5.75 Å². The van der Waals surface area contributed by atoms with Crippen LogP contribution in [0.15, 0.2) is 24.3 Å². The Morgan fingerprint density at radius 1 is 1.31 bits per heavy atom. The summed E-state index contributed by atoms with van der Waals surface area (Å²) in [7, 11) is 0. The maximum Gasteiger partial charge on any atom is 0.121 e. The van der Waals surface area contributed by atoms with Gasteiger partial charge in [0.1, 0.15) is 11.9 Å². The Morgan fingerprint density at radius 3 is 2.69 bits per heavy atom. The molecule has 3 heteroatoms. The predicted octanol–water partition coefficient (Wildman–Crippen LogP) is 1.14. The number of hydrogen-bond donors (Lipinski definition) is 2. The standard InChI is InChI=1S/C10H14N2O/c11-7-2-1-3-9(4-7)13-10-5-8(12)6-10/h1-4,8,10H,5-6,11-12H2. The maximum absolute atomic E-state index is 5.65. The van der Waals surface area contributed by atoms with Crippen LogP contribution in [0.2, 0.25) is 0 Å². The van der Waals surface area contributed by atoms with Crippen LogP contribution in [0, 0.1) is 0 Å². The van der Waals surface area contributed by atoms with Crippen LogP contribution in [-0.2, 0) is 0 Å². The highest BCUT2D eigenvalue weighted by Gasteiger charge is 2.27. The molecule has 4 N–H and O–H groups in total. The van der Waals surface area contributed by atoms with Crippen LogP contribution < -0.4 is 16.2 Å². The lowest BCUT2D eigenvalue weighted by molar-refractivity contribution is 0.101. The summed E-state index contributed by atoms with van der Waals surface area (Å²) in [4.78, 5) is 0. The summed E-state index contributed by atoms with van der Waals surface area (Å²) in [5.41, 5.74) is 12.0. The molecule has 0 saturated heterocycles. The molecule has 13 heavy (non-hydrogen) atoms. The van der Waals surface area contributed by atoms with Gasteiger partial charge in [0.2, 0.25) is 0 Å². The number of hydrogen-bond acceptors (Lipinski definition) is 3. The topological polar surface area (TPSA) is 61.3 Å². The van der Waals surface area contributed by atoms with Crippen molar-refractivity contribution in [1.29, 1.82) is 0 Å². The normalized spacial score (nSPS) is 26.5. The Kier molecular flexibility index (Phi) is 2.10. The zero-order valence-corrected chi connectivity index (χ0v) is 7.44. The Morgan fingerprint density at radius 2 is 2.08 bits per heavy atom. The van der Waals surface area contributed by atoms with E-state index in [-0.39, 0.29) is 6.10 Å². The van der Waals surface area contributed by atoms with Gasteiger partial charge in [-0.2, -0.15) is 0 Å². The Balaban J connectivity index is 1.94. The highest BCUT2D eigenvalue weighted by molar-refractivity contribution is 5.43. The van der Waals surface area contributed by atoms with E-state index < -0.39 is 0 Å². The fraction of sp³-hybridized carbons (Fsp3) is 0.400. The van der Waals surface area contributed by atoms with Crippen molar-refractivity contribution in [3.63, 3.8) is 0 Å². The molecule has 1 aliphatic carbocycles. The summed E-state index contributed by atoms with van der Waals surface area (Å²) in [6, 6.07) is 7.82. The van der Waals surface area contributed by atoms with Gasteiger partial charge in [0.15, 0.2) is 0 Å². The Bertz CT molecular complexity index is 295. The van der Waals surface area contributed by atoms with E-state index in [1.807, 2.05) is 24.3 Å². The predicted molar refractivity (Wildman–Crippen MR) is 52.5 cm³/mol. The van der Waals surface area contributed by atoms with Gasteiger partial charge >= 0.3 is 0 Å². The van der Waals surface area contributed by atoms with E-state index in [0.29, 0.717) is 6.04 Å². The summed E-state index contributed by atoms with van der Waals surface area (Å²) in [6.07, 6.45) is 2.20. The van der Waals surface area contributed by atoms with Gasteiger partial charge in [0, 0.05) is 17.8 Å². The number of rotatable bonds is 2. The summed E-state index contributed by atoms with van der Waals surface area (Å²) < 4.78 is 5.64. The molecule has 0 heterocycles. The molecule has 1 aliphatic rings. The summed E-state index contributed by atoms with van der Waals surface area (Å²) in [5, 5.41) is 0. The Labute approximate surface area is 77.7 Å². The molecule has 1 saturated carbocycles. The number of ether oxygens (including phenoxy) is 1. The average Bonchev–Trinajstić information content (AvgIpc) is 2.01. The Hall–Kier alpha value is -1.22. The van der Waals surface area contributed by atoms with Crippen LogP contribution in [-0.4, -0.2) is 12.1 Å². The van der Waals surface area contributed by atoms with Crippen molar-refractivity contribution in [2.75, 3.05) is 5.73 Å². The molecule has 0 radical (unpaired) electrons. The second kappa shape index (κ2) is 3.26. The van der Waals surface area contributed by atoms with E-state index in [1.54, 1.807) is 0 Å². The molecule has 0 aromatic heterocycles. The van der Waals surface area contributed by atoms with Crippen LogP contribution in [0.3, 0.4) is 0 Å². The summed E-state index contributed by atoms with van der Waals surface area (Å²) in [6.45, 7) is 0. The molecule has 1 fully saturated rings. The largest absolute Gasteiger partial charge is 0.490 e. The number of nitrogen functional groups attached to an aromatic ring is 1. The molecule has 2 rings (SSSR count). The minimum atomic E-state index is 0.289. The van der Waals surface area contributed by atoms with E-state index in [4.69, 9.17) is 16.2 Å². The van der Waals surface area contributed by atoms with Crippen LogP contribution in [0.4, 0.5) is 5.69 Å². The van der Waals surface area contributed by atoms with Crippen LogP contribution >= 0.6 is 0 Å². The minimum Gasteiger partial charge on any atom is -0.490 e. The van der Waals surface area contributed by atoms with E-state index in [9.17, 15) is 0 Å². The van der Waals surface area contributed by atoms with Crippen molar-refractivity contribution in [3.05, 3.63) is 24.3 Å². The van der Waals surface area contributed by atoms with Crippen molar-refractivity contribution in [2.45, 2.75) is 25.0 Å². The molecular weight excluding hydrogens is 164 g/mol. The van der Waals surface area contributed by atoms with Gasteiger partial charge in [-0.15, -0.1) is 0 Å². The second-order valence-corrected chi connectivity index (χ2v) is 3.54. The van der Waals surface area contributed by atoms with E-state index in [2.05, 4.69) is 0 Å². The van der Waals surface area contributed by atoms with Gasteiger partial charge in [-0.25, -0.2) is 0 Å².